The minimum absolute atomic E-state index is 0.106. The molecule has 8 nitrogen and oxygen atoms in total. The summed E-state index contributed by atoms with van der Waals surface area (Å²) in [5, 5.41) is 15.8. The molecule has 152 valence electrons. The van der Waals surface area contributed by atoms with Gasteiger partial charge in [0.05, 0.1) is 18.4 Å². The van der Waals surface area contributed by atoms with E-state index >= 15 is 0 Å². The van der Waals surface area contributed by atoms with Crippen molar-refractivity contribution in [3.8, 4) is 11.3 Å². The average molecular weight is 402 g/mol. The van der Waals surface area contributed by atoms with Gasteiger partial charge in [-0.1, -0.05) is 17.3 Å². The monoisotopic (exact) mass is 402 g/mol. The molecule has 0 fully saturated rings. The topological polar surface area (TPSA) is 136 Å². The minimum atomic E-state index is -1.29. The number of anilines is 1. The van der Waals surface area contributed by atoms with Gasteiger partial charge in [0, 0.05) is 16.8 Å². The van der Waals surface area contributed by atoms with Gasteiger partial charge in [-0.2, -0.15) is 0 Å². The van der Waals surface area contributed by atoms with Crippen LogP contribution in [0.4, 0.5) is 14.6 Å². The lowest BCUT2D eigenvalue weighted by atomic mass is 10.1. The number of halogens is 2. The molecule has 0 saturated carbocycles. The summed E-state index contributed by atoms with van der Waals surface area (Å²) < 4.78 is 29.2. The largest absolute Gasteiger partial charge is 0.476 e. The molecule has 0 aliphatic heterocycles. The van der Waals surface area contributed by atoms with E-state index in [0.717, 1.165) is 4.68 Å². The molecule has 1 unspecified atom stereocenters. The fourth-order valence-electron chi connectivity index (χ4n) is 2.81. The van der Waals surface area contributed by atoms with Crippen molar-refractivity contribution in [2.45, 2.75) is 25.6 Å². The standard InChI is InChI=1S/C19H20F2N6O2/c20-12(9-27-10-17(19(28)29)25-26-27)5-6-13(22)7-11-8-16(24-18(11)23)14-3-1-2-4-15(14)21/h1-4,7-8,10,12,24H,5-6,9,22-23H2,(H,28,29)/b13-7-. The van der Waals surface area contributed by atoms with Crippen LogP contribution in [0.5, 0.6) is 0 Å². The number of aromatic carboxylic acids is 1. The smallest absolute Gasteiger partial charge is 0.358 e. The molecule has 2 heterocycles. The molecule has 0 bridgehead atoms. The minimum Gasteiger partial charge on any atom is -0.476 e. The molecule has 3 rings (SSSR count). The maximum absolute atomic E-state index is 14.2. The summed E-state index contributed by atoms with van der Waals surface area (Å²) in [5.41, 5.74) is 13.6. The molecule has 1 aromatic carbocycles. The number of hydrogen-bond donors (Lipinski definition) is 4. The summed E-state index contributed by atoms with van der Waals surface area (Å²) in [7, 11) is 0. The molecule has 6 N–H and O–H groups in total. The Hall–Kier alpha value is -3.69. The zero-order chi connectivity index (χ0) is 21.0. The highest BCUT2D eigenvalue weighted by Gasteiger charge is 2.14. The number of carboxylic acids is 1. The van der Waals surface area contributed by atoms with Gasteiger partial charge >= 0.3 is 5.97 Å². The van der Waals surface area contributed by atoms with Gasteiger partial charge in [-0.05, 0) is 37.1 Å². The Morgan fingerprint density at radius 2 is 2.14 bits per heavy atom. The quantitative estimate of drug-likeness (QED) is 0.457. The third-order valence-corrected chi connectivity index (χ3v) is 4.27. The van der Waals surface area contributed by atoms with Crippen LogP contribution in [0.15, 0.2) is 42.2 Å². The zero-order valence-corrected chi connectivity index (χ0v) is 15.3. The summed E-state index contributed by atoms with van der Waals surface area (Å²) >= 11 is 0. The van der Waals surface area contributed by atoms with Crippen LogP contribution < -0.4 is 11.5 Å². The van der Waals surface area contributed by atoms with Gasteiger partial charge in [0.25, 0.3) is 0 Å². The first-order chi connectivity index (χ1) is 13.8. The van der Waals surface area contributed by atoms with Crippen LogP contribution in [0.1, 0.15) is 28.9 Å². The highest BCUT2D eigenvalue weighted by molar-refractivity contribution is 5.84. The third kappa shape index (κ3) is 4.98. The number of alkyl halides is 1. The molecule has 0 aliphatic rings. The van der Waals surface area contributed by atoms with E-state index in [0.29, 0.717) is 28.3 Å². The number of nitrogens with zero attached hydrogens (tertiary/aromatic N) is 3. The van der Waals surface area contributed by atoms with Crippen molar-refractivity contribution in [2.75, 3.05) is 5.73 Å². The second kappa shape index (κ2) is 8.55. The van der Waals surface area contributed by atoms with Gasteiger partial charge in [-0.15, -0.1) is 5.10 Å². The van der Waals surface area contributed by atoms with E-state index in [-0.39, 0.29) is 30.9 Å². The fraction of sp³-hybridized carbons (Fsp3) is 0.211. The number of hydrogen-bond acceptors (Lipinski definition) is 5. The van der Waals surface area contributed by atoms with Gasteiger partial charge in [0.1, 0.15) is 17.8 Å². The summed E-state index contributed by atoms with van der Waals surface area (Å²) in [6, 6.07) is 7.97. The highest BCUT2D eigenvalue weighted by atomic mass is 19.1. The Bertz CT molecular complexity index is 1040. The number of H-pyrrole nitrogens is 1. The van der Waals surface area contributed by atoms with Crippen LogP contribution >= 0.6 is 0 Å². The van der Waals surface area contributed by atoms with Crippen molar-refractivity contribution >= 4 is 17.9 Å². The third-order valence-electron chi connectivity index (χ3n) is 4.27. The first kappa shape index (κ1) is 20.1. The molecule has 3 aromatic rings. The number of nitrogen functional groups attached to an aromatic ring is 1. The van der Waals surface area contributed by atoms with E-state index in [4.69, 9.17) is 16.6 Å². The first-order valence-corrected chi connectivity index (χ1v) is 8.80. The molecule has 1 atom stereocenters. The Balaban J connectivity index is 1.61. The first-order valence-electron chi connectivity index (χ1n) is 8.80. The van der Waals surface area contributed by atoms with Crippen LogP contribution in [-0.2, 0) is 6.54 Å². The lowest BCUT2D eigenvalue weighted by Gasteiger charge is -2.08. The number of rotatable bonds is 8. The normalized spacial score (nSPS) is 12.8. The molecule has 2 aromatic heterocycles. The fourth-order valence-corrected chi connectivity index (χ4v) is 2.81. The molecular weight excluding hydrogens is 382 g/mol. The predicted molar refractivity (Wildman–Crippen MR) is 104 cm³/mol. The number of aromatic nitrogens is 4. The van der Waals surface area contributed by atoms with E-state index in [9.17, 15) is 13.6 Å². The van der Waals surface area contributed by atoms with Crippen molar-refractivity contribution in [3.05, 3.63) is 59.3 Å². The Morgan fingerprint density at radius 1 is 1.38 bits per heavy atom. The average Bonchev–Trinajstić information content (AvgIpc) is 3.28. The van der Waals surface area contributed by atoms with Gasteiger partial charge < -0.3 is 21.6 Å². The van der Waals surface area contributed by atoms with Crippen molar-refractivity contribution in [3.63, 3.8) is 0 Å². The lowest BCUT2D eigenvalue weighted by Crippen LogP contribution is -2.13. The Labute approximate surface area is 164 Å². The lowest BCUT2D eigenvalue weighted by molar-refractivity contribution is 0.0690. The van der Waals surface area contributed by atoms with Gasteiger partial charge in [0.2, 0.25) is 0 Å². The summed E-state index contributed by atoms with van der Waals surface area (Å²) in [4.78, 5) is 13.7. The van der Waals surface area contributed by atoms with E-state index < -0.39 is 12.1 Å². The maximum Gasteiger partial charge on any atom is 0.358 e. The number of carbonyl (C=O) groups is 1. The Morgan fingerprint density at radius 3 is 2.83 bits per heavy atom. The van der Waals surface area contributed by atoms with Gasteiger partial charge in [0.15, 0.2) is 5.69 Å². The molecule has 0 aliphatic carbocycles. The zero-order valence-electron chi connectivity index (χ0n) is 15.3. The van der Waals surface area contributed by atoms with E-state index in [1.165, 1.54) is 12.3 Å². The highest BCUT2D eigenvalue weighted by Crippen LogP contribution is 2.27. The molecule has 10 heteroatoms. The van der Waals surface area contributed by atoms with Gasteiger partial charge in [-0.25, -0.2) is 18.3 Å². The van der Waals surface area contributed by atoms with E-state index in [2.05, 4.69) is 15.3 Å². The molecule has 29 heavy (non-hydrogen) atoms. The van der Waals surface area contributed by atoms with E-state index in [1.54, 1.807) is 30.3 Å². The van der Waals surface area contributed by atoms with Crippen molar-refractivity contribution in [1.29, 1.82) is 0 Å². The van der Waals surface area contributed by atoms with Crippen LogP contribution in [0, 0.1) is 5.82 Å². The summed E-state index contributed by atoms with van der Waals surface area (Å²) in [5.74, 6) is -1.28. The van der Waals surface area contributed by atoms with Gasteiger partial charge in [-0.3, -0.25) is 0 Å². The van der Waals surface area contributed by atoms with Crippen LogP contribution in [0.3, 0.4) is 0 Å². The molecular formula is C19H20F2N6O2. The second-order valence-electron chi connectivity index (χ2n) is 6.52. The predicted octanol–water partition coefficient (Wildman–Crippen LogP) is 2.81. The van der Waals surface area contributed by atoms with Crippen LogP contribution in [0.2, 0.25) is 0 Å². The molecule has 0 amide bonds. The van der Waals surface area contributed by atoms with Crippen LogP contribution in [0.25, 0.3) is 17.3 Å². The number of nitrogens with one attached hydrogen (secondary N) is 1. The number of nitrogens with two attached hydrogens (primary N) is 2. The number of aromatic amines is 1. The SMILES string of the molecule is N/C(=C\c1cc(-c2ccccc2F)[nH]c1N)CCC(F)Cn1cc(C(=O)O)nn1. The van der Waals surface area contributed by atoms with Crippen molar-refractivity contribution < 1.29 is 18.7 Å². The molecule has 0 saturated heterocycles. The summed E-state index contributed by atoms with van der Waals surface area (Å²) in [6.45, 7) is -0.128. The van der Waals surface area contributed by atoms with Crippen molar-refractivity contribution in [1.82, 2.24) is 20.0 Å². The Kier molecular flexibility index (Phi) is 5.91. The second-order valence-corrected chi connectivity index (χ2v) is 6.52. The summed E-state index contributed by atoms with van der Waals surface area (Å²) in [6.07, 6.45) is 1.85. The van der Waals surface area contributed by atoms with Crippen molar-refractivity contribution in [2.24, 2.45) is 5.73 Å². The number of benzene rings is 1. The molecule has 0 spiro atoms. The number of carboxylic acid groups (broad SMARTS) is 1. The van der Waals surface area contributed by atoms with Crippen LogP contribution in [-0.4, -0.2) is 37.2 Å². The molecule has 0 radical (unpaired) electrons. The maximum atomic E-state index is 14.2. The van der Waals surface area contributed by atoms with E-state index in [1.807, 2.05) is 0 Å². The number of allylic oxidation sites excluding steroid dienone is 1.